The van der Waals surface area contributed by atoms with E-state index in [4.69, 9.17) is 14.2 Å². The molecule has 280 valence electrons. The van der Waals surface area contributed by atoms with Gasteiger partial charge in [0.2, 0.25) is 10.0 Å². The highest BCUT2D eigenvalue weighted by atomic mass is 32.2. The van der Waals surface area contributed by atoms with Crippen molar-refractivity contribution >= 4 is 33.7 Å². The number of halogens is 2. The first-order valence-electron chi connectivity index (χ1n) is 17.3. The van der Waals surface area contributed by atoms with Gasteiger partial charge in [0.15, 0.2) is 6.10 Å². The Labute approximate surface area is 296 Å². The predicted octanol–water partition coefficient (Wildman–Crippen LogP) is 3.31. The van der Waals surface area contributed by atoms with Crippen LogP contribution in [0.25, 0.3) is 0 Å². The molecule has 17 heteroatoms. The molecule has 3 saturated heterocycles. The van der Waals surface area contributed by atoms with Crippen molar-refractivity contribution in [3.8, 4) is 5.75 Å². The van der Waals surface area contributed by atoms with Crippen molar-refractivity contribution in [3.63, 3.8) is 0 Å². The van der Waals surface area contributed by atoms with Crippen LogP contribution < -0.4 is 19.9 Å². The molecule has 0 unspecified atom stereocenters. The lowest BCUT2D eigenvalue weighted by atomic mass is 9.86. The van der Waals surface area contributed by atoms with E-state index in [0.717, 1.165) is 0 Å². The van der Waals surface area contributed by atoms with Crippen LogP contribution in [0, 0.1) is 12.8 Å². The minimum atomic E-state index is -3.95. The van der Waals surface area contributed by atoms with Crippen molar-refractivity contribution in [2.75, 3.05) is 75.4 Å². The molecule has 3 fully saturated rings. The van der Waals surface area contributed by atoms with Crippen LogP contribution >= 0.6 is 0 Å². The number of carbonyl (C=O) groups is 2. The number of sulfonamides is 1. The average molecular weight is 737 g/mol. The summed E-state index contributed by atoms with van der Waals surface area (Å²) >= 11 is 0. The molecule has 4 aliphatic heterocycles. The lowest BCUT2D eigenvalue weighted by Gasteiger charge is -2.37. The number of aromatic nitrogens is 1. The van der Waals surface area contributed by atoms with E-state index in [9.17, 15) is 23.1 Å². The summed E-state index contributed by atoms with van der Waals surface area (Å²) < 4.78 is 76.9. The number of nitrogens with one attached hydrogen (secondary N) is 1. The quantitative estimate of drug-likeness (QED) is 0.390. The van der Waals surface area contributed by atoms with E-state index in [1.54, 1.807) is 27.7 Å². The molecule has 4 aliphatic rings. The number of cyclic esters (lactones) is 1. The van der Waals surface area contributed by atoms with Crippen molar-refractivity contribution < 1.29 is 46.1 Å². The normalized spacial score (nSPS) is 22.2. The number of ether oxygens (including phenoxy) is 3. The van der Waals surface area contributed by atoms with Gasteiger partial charge in [-0.15, -0.1) is 0 Å². The number of anilines is 2. The number of hydrogen-bond donors (Lipinski definition) is 2. The first-order valence-corrected chi connectivity index (χ1v) is 18.7. The number of nitrogens with zero attached hydrogens (tertiary/aromatic N) is 5. The summed E-state index contributed by atoms with van der Waals surface area (Å²) in [6, 6.07) is 6.63. The second kappa shape index (κ2) is 14.3. The molecule has 1 aromatic carbocycles. The third-order valence-electron chi connectivity index (χ3n) is 9.71. The Bertz CT molecular complexity index is 1730. The Morgan fingerprint density at radius 3 is 2.45 bits per heavy atom. The monoisotopic (exact) mass is 736 g/mol. The summed E-state index contributed by atoms with van der Waals surface area (Å²) in [7, 11) is -3.95. The van der Waals surface area contributed by atoms with E-state index >= 15 is 8.78 Å². The van der Waals surface area contributed by atoms with Crippen LogP contribution in [-0.4, -0.2) is 123 Å². The van der Waals surface area contributed by atoms with Crippen molar-refractivity contribution in [1.29, 1.82) is 0 Å². The highest BCUT2D eigenvalue weighted by molar-refractivity contribution is 7.89. The van der Waals surface area contributed by atoms with Gasteiger partial charge in [-0.1, -0.05) is 0 Å². The number of likely N-dealkylation sites (tertiary alicyclic amines) is 1. The van der Waals surface area contributed by atoms with Gasteiger partial charge in [0.1, 0.15) is 29.8 Å². The van der Waals surface area contributed by atoms with E-state index in [1.807, 2.05) is 4.90 Å². The number of aryl methyl sites for hydroxylation is 1. The number of alkyl halides is 2. The number of piperidine rings is 1. The molecule has 2 aromatic rings. The fraction of sp³-hybridized carbons (Fsp3) is 0.618. The first kappa shape index (κ1) is 37.0. The lowest BCUT2D eigenvalue weighted by molar-refractivity contribution is -0.0853. The van der Waals surface area contributed by atoms with Crippen LogP contribution in [0.2, 0.25) is 0 Å². The van der Waals surface area contributed by atoms with E-state index in [2.05, 4.69) is 15.2 Å². The van der Waals surface area contributed by atoms with Crippen molar-refractivity contribution in [2.45, 2.75) is 69.1 Å². The van der Waals surface area contributed by atoms with Gasteiger partial charge in [0, 0.05) is 62.5 Å². The molecule has 2 amide bonds. The molecule has 5 heterocycles. The molecule has 0 aliphatic carbocycles. The number of carbonyl (C=O) groups excluding carboxylic acids is 2. The van der Waals surface area contributed by atoms with Gasteiger partial charge < -0.3 is 34.4 Å². The van der Waals surface area contributed by atoms with Crippen LogP contribution in [0.5, 0.6) is 5.75 Å². The molecule has 2 atom stereocenters. The third kappa shape index (κ3) is 7.85. The predicted molar refractivity (Wildman–Crippen MR) is 183 cm³/mol. The van der Waals surface area contributed by atoms with Crippen molar-refractivity contribution in [1.82, 2.24) is 19.5 Å². The molecule has 2 N–H and O–H groups in total. The Balaban J connectivity index is 1.05. The molecule has 0 spiro atoms. The highest BCUT2D eigenvalue weighted by Gasteiger charge is 2.47. The lowest BCUT2D eigenvalue weighted by Crippen LogP contribution is -2.49. The molecule has 0 radical (unpaired) electrons. The summed E-state index contributed by atoms with van der Waals surface area (Å²) in [6.07, 6.45) is -1.28. The molecule has 0 saturated carbocycles. The number of amides is 2. The summed E-state index contributed by atoms with van der Waals surface area (Å²) in [5.41, 5.74) is 0.118. The van der Waals surface area contributed by atoms with Crippen LogP contribution in [0.15, 0.2) is 35.2 Å². The number of benzene rings is 1. The van der Waals surface area contributed by atoms with Crippen LogP contribution in [0.4, 0.5) is 29.9 Å². The number of piperazine rings is 1. The maximum atomic E-state index is 16.0. The maximum absolute atomic E-state index is 16.0. The van der Waals surface area contributed by atoms with E-state index in [0.29, 0.717) is 56.2 Å². The molecular weight excluding hydrogens is 690 g/mol. The Morgan fingerprint density at radius 1 is 1.08 bits per heavy atom. The summed E-state index contributed by atoms with van der Waals surface area (Å²) in [5, 5.41) is 12.3. The smallest absolute Gasteiger partial charge is 0.415 e. The van der Waals surface area contributed by atoms with Gasteiger partial charge in [-0.05, 0) is 77.9 Å². The Kier molecular flexibility index (Phi) is 10.4. The number of fused-ring (bicyclic) bond motifs is 3. The second-order valence-corrected chi connectivity index (χ2v) is 16.3. The topological polar surface area (TPSA) is 154 Å². The van der Waals surface area contributed by atoms with Gasteiger partial charge in [-0.3, -0.25) is 4.90 Å². The van der Waals surface area contributed by atoms with Gasteiger partial charge in [-0.2, -0.15) is 4.31 Å². The standard InChI is InChI=1S/C34H46F2N6O8S/c1-22-17-24(34(35,36)23-7-10-39(11-8-23)12-9-37-31(44)50-33(2,3)4)18-30(38-22)40-13-15-41(16-14-40)51(46,47)25-5-6-26-28(19-25)48-21-27-29(20-43)49-32(45)42(26)27/h5-6,17-19,23,27,29,43H,7-16,20-21H2,1-4H3,(H,37,44)/t27-,29+/m1/s1. The fourth-order valence-electron chi connectivity index (χ4n) is 7.03. The van der Waals surface area contributed by atoms with E-state index < -0.39 is 51.8 Å². The third-order valence-corrected chi connectivity index (χ3v) is 11.6. The number of aliphatic hydroxyl groups excluding tert-OH is 1. The number of aliphatic hydroxyl groups is 1. The van der Waals surface area contributed by atoms with Gasteiger partial charge in [-0.25, -0.2) is 31.8 Å². The summed E-state index contributed by atoms with van der Waals surface area (Å²) in [6.45, 7) is 9.32. The molecule has 1 aromatic heterocycles. The molecule has 14 nitrogen and oxygen atoms in total. The maximum Gasteiger partial charge on any atom is 0.415 e. The molecular formula is C34H46F2N6O8S. The number of alkyl carbamates (subject to hydrolysis) is 1. The van der Waals surface area contributed by atoms with Crippen LogP contribution in [-0.2, 0) is 25.4 Å². The number of pyridine rings is 1. The summed E-state index contributed by atoms with van der Waals surface area (Å²) in [4.78, 5) is 34.1. The minimum absolute atomic E-state index is 0.000354. The van der Waals surface area contributed by atoms with E-state index in [-0.39, 0.29) is 55.6 Å². The zero-order chi connectivity index (χ0) is 36.7. The van der Waals surface area contributed by atoms with Gasteiger partial charge in [0.25, 0.3) is 5.92 Å². The minimum Gasteiger partial charge on any atom is -0.489 e. The zero-order valence-electron chi connectivity index (χ0n) is 29.3. The van der Waals surface area contributed by atoms with Gasteiger partial charge >= 0.3 is 12.2 Å². The Hall–Kier alpha value is -3.80. The molecule has 6 rings (SSSR count). The Morgan fingerprint density at radius 2 is 1.78 bits per heavy atom. The van der Waals surface area contributed by atoms with E-state index in [1.165, 1.54) is 39.5 Å². The van der Waals surface area contributed by atoms with Gasteiger partial charge in [0.05, 0.1) is 17.2 Å². The van der Waals surface area contributed by atoms with Crippen molar-refractivity contribution in [2.24, 2.45) is 5.92 Å². The average Bonchev–Trinajstić information content (AvgIpc) is 3.42. The van der Waals surface area contributed by atoms with Crippen LogP contribution in [0.1, 0.15) is 44.9 Å². The van der Waals surface area contributed by atoms with Crippen LogP contribution in [0.3, 0.4) is 0 Å². The highest BCUT2D eigenvalue weighted by Crippen LogP contribution is 2.43. The molecule has 51 heavy (non-hydrogen) atoms. The second-order valence-electron chi connectivity index (χ2n) is 14.4. The fourth-order valence-corrected chi connectivity index (χ4v) is 8.46. The zero-order valence-corrected chi connectivity index (χ0v) is 30.1. The largest absolute Gasteiger partial charge is 0.489 e. The van der Waals surface area contributed by atoms with Crippen molar-refractivity contribution in [3.05, 3.63) is 41.6 Å². The number of rotatable bonds is 9. The first-order chi connectivity index (χ1) is 24.1. The number of hydrogen-bond acceptors (Lipinski definition) is 11. The summed E-state index contributed by atoms with van der Waals surface area (Å²) in [5.74, 6) is -3.35. The SMILES string of the molecule is Cc1cc(C(F)(F)C2CCN(CCNC(=O)OC(C)(C)C)CC2)cc(N2CCN(S(=O)(=O)c3ccc4c(c3)OC[C@@H]3[C@H](CO)OC(=O)N43)CC2)n1. The molecule has 0 bridgehead atoms.